The van der Waals surface area contributed by atoms with Crippen LogP contribution in [0, 0.1) is 5.92 Å². The highest BCUT2D eigenvalue weighted by molar-refractivity contribution is 4.66. The Morgan fingerprint density at radius 2 is 1.82 bits per heavy atom. The highest BCUT2D eigenvalue weighted by atomic mass is 16.5. The van der Waals surface area contributed by atoms with Crippen LogP contribution in [0.25, 0.3) is 0 Å². The van der Waals surface area contributed by atoms with E-state index < -0.39 is 0 Å². The highest BCUT2D eigenvalue weighted by Gasteiger charge is 2.14. The molecule has 0 aromatic carbocycles. The molecule has 0 radical (unpaired) electrons. The molecule has 1 saturated carbocycles. The van der Waals surface area contributed by atoms with Crippen LogP contribution in [0.3, 0.4) is 0 Å². The predicted octanol–water partition coefficient (Wildman–Crippen LogP) is 3.75. The summed E-state index contributed by atoms with van der Waals surface area (Å²) in [7, 11) is 0. The minimum absolute atomic E-state index is 0.436. The first-order valence-corrected chi connectivity index (χ1v) is 7.53. The Morgan fingerprint density at radius 1 is 1.12 bits per heavy atom. The van der Waals surface area contributed by atoms with Crippen LogP contribution in [0.1, 0.15) is 65.7 Å². The summed E-state index contributed by atoms with van der Waals surface area (Å²) in [4.78, 5) is 0. The summed E-state index contributed by atoms with van der Waals surface area (Å²) >= 11 is 0. The molecule has 1 fully saturated rings. The molecule has 0 amide bonds. The molecule has 1 atom stereocenters. The lowest BCUT2D eigenvalue weighted by Gasteiger charge is -2.23. The van der Waals surface area contributed by atoms with Gasteiger partial charge in [0, 0.05) is 12.6 Å². The van der Waals surface area contributed by atoms with Gasteiger partial charge in [-0.3, -0.25) is 0 Å². The zero-order valence-corrected chi connectivity index (χ0v) is 12.0. The van der Waals surface area contributed by atoms with Gasteiger partial charge in [0.15, 0.2) is 0 Å². The number of nitrogens with one attached hydrogen (secondary N) is 1. The summed E-state index contributed by atoms with van der Waals surface area (Å²) < 4.78 is 5.96. The molecule has 0 aliphatic heterocycles. The SMILES string of the molecule is CC(C)NCCCC(C)OCC1CCCCC1. The van der Waals surface area contributed by atoms with Gasteiger partial charge in [-0.25, -0.2) is 0 Å². The van der Waals surface area contributed by atoms with Gasteiger partial charge in [-0.05, 0) is 45.1 Å². The zero-order valence-electron chi connectivity index (χ0n) is 12.0. The second-order valence-electron chi connectivity index (χ2n) is 5.90. The third kappa shape index (κ3) is 7.77. The van der Waals surface area contributed by atoms with E-state index in [1.165, 1.54) is 44.9 Å². The van der Waals surface area contributed by atoms with Crippen molar-refractivity contribution in [2.45, 2.75) is 77.9 Å². The van der Waals surface area contributed by atoms with Gasteiger partial charge in [-0.15, -0.1) is 0 Å². The lowest BCUT2D eigenvalue weighted by Crippen LogP contribution is -2.25. The maximum Gasteiger partial charge on any atom is 0.0547 e. The molecule has 1 rings (SSSR count). The molecule has 1 N–H and O–H groups in total. The van der Waals surface area contributed by atoms with Gasteiger partial charge in [0.25, 0.3) is 0 Å². The number of rotatable bonds is 8. The Kier molecular flexibility index (Phi) is 7.87. The second-order valence-corrected chi connectivity index (χ2v) is 5.90. The number of hydrogen-bond acceptors (Lipinski definition) is 2. The van der Waals surface area contributed by atoms with E-state index >= 15 is 0 Å². The fourth-order valence-corrected chi connectivity index (χ4v) is 2.52. The van der Waals surface area contributed by atoms with Crippen LogP contribution >= 0.6 is 0 Å². The van der Waals surface area contributed by atoms with Crippen molar-refractivity contribution in [1.82, 2.24) is 5.32 Å². The molecule has 2 heteroatoms. The van der Waals surface area contributed by atoms with E-state index in [0.29, 0.717) is 12.1 Å². The van der Waals surface area contributed by atoms with Crippen LogP contribution in [0.4, 0.5) is 0 Å². The van der Waals surface area contributed by atoms with Gasteiger partial charge in [0.1, 0.15) is 0 Å². The van der Waals surface area contributed by atoms with Crippen molar-refractivity contribution in [2.24, 2.45) is 5.92 Å². The third-order valence-electron chi connectivity index (χ3n) is 3.68. The number of ether oxygens (including phenoxy) is 1. The fourth-order valence-electron chi connectivity index (χ4n) is 2.52. The van der Waals surface area contributed by atoms with E-state index in [9.17, 15) is 0 Å². The monoisotopic (exact) mass is 241 g/mol. The fraction of sp³-hybridized carbons (Fsp3) is 1.00. The summed E-state index contributed by atoms with van der Waals surface area (Å²) in [5.74, 6) is 0.847. The second kappa shape index (κ2) is 8.93. The maximum absolute atomic E-state index is 5.96. The molecule has 17 heavy (non-hydrogen) atoms. The maximum atomic E-state index is 5.96. The van der Waals surface area contributed by atoms with Gasteiger partial charge < -0.3 is 10.1 Å². The first kappa shape index (κ1) is 15.0. The number of hydrogen-bond donors (Lipinski definition) is 1. The van der Waals surface area contributed by atoms with Crippen LogP contribution < -0.4 is 5.32 Å². The van der Waals surface area contributed by atoms with Crippen molar-refractivity contribution in [3.63, 3.8) is 0 Å². The molecule has 0 saturated heterocycles. The smallest absolute Gasteiger partial charge is 0.0547 e. The van der Waals surface area contributed by atoms with Gasteiger partial charge in [-0.2, -0.15) is 0 Å². The molecule has 0 heterocycles. The van der Waals surface area contributed by atoms with Crippen LogP contribution in [0.2, 0.25) is 0 Å². The average molecular weight is 241 g/mol. The first-order chi connectivity index (χ1) is 8.18. The van der Waals surface area contributed by atoms with E-state index in [1.807, 2.05) is 0 Å². The Balaban J connectivity index is 1.94. The van der Waals surface area contributed by atoms with Gasteiger partial charge in [0.2, 0.25) is 0 Å². The Hall–Kier alpha value is -0.0800. The molecule has 102 valence electrons. The average Bonchev–Trinajstić information content (AvgIpc) is 2.33. The van der Waals surface area contributed by atoms with Crippen LogP contribution in [0.5, 0.6) is 0 Å². The normalized spacial score (nSPS) is 19.8. The molecule has 1 aliphatic rings. The zero-order chi connectivity index (χ0) is 12.5. The molecular formula is C15H31NO. The third-order valence-corrected chi connectivity index (χ3v) is 3.68. The Bertz CT molecular complexity index is 176. The molecule has 2 nitrogen and oxygen atoms in total. The van der Waals surface area contributed by atoms with E-state index in [1.54, 1.807) is 0 Å². The molecule has 1 aliphatic carbocycles. The van der Waals surface area contributed by atoms with E-state index in [0.717, 1.165) is 19.1 Å². The largest absolute Gasteiger partial charge is 0.378 e. The van der Waals surface area contributed by atoms with Crippen molar-refractivity contribution < 1.29 is 4.74 Å². The summed E-state index contributed by atoms with van der Waals surface area (Å²) in [5, 5.41) is 3.45. The van der Waals surface area contributed by atoms with Crippen molar-refractivity contribution in [3.05, 3.63) is 0 Å². The molecule has 0 spiro atoms. The van der Waals surface area contributed by atoms with Crippen molar-refractivity contribution >= 4 is 0 Å². The standard InChI is InChI=1S/C15H31NO/c1-13(2)16-11-7-8-14(3)17-12-15-9-5-4-6-10-15/h13-16H,4-12H2,1-3H3. The minimum atomic E-state index is 0.436. The molecule has 0 aromatic rings. The van der Waals surface area contributed by atoms with Crippen molar-refractivity contribution in [2.75, 3.05) is 13.2 Å². The van der Waals surface area contributed by atoms with Crippen LogP contribution in [-0.4, -0.2) is 25.3 Å². The minimum Gasteiger partial charge on any atom is -0.378 e. The Morgan fingerprint density at radius 3 is 2.47 bits per heavy atom. The summed E-state index contributed by atoms with van der Waals surface area (Å²) in [5.41, 5.74) is 0. The van der Waals surface area contributed by atoms with Crippen molar-refractivity contribution in [1.29, 1.82) is 0 Å². The summed E-state index contributed by atoms with van der Waals surface area (Å²) in [6.45, 7) is 8.73. The Labute approximate surface area is 108 Å². The molecule has 0 aromatic heterocycles. The lowest BCUT2D eigenvalue weighted by atomic mass is 9.90. The van der Waals surface area contributed by atoms with Gasteiger partial charge in [0.05, 0.1) is 6.10 Å². The van der Waals surface area contributed by atoms with Gasteiger partial charge >= 0.3 is 0 Å². The topological polar surface area (TPSA) is 21.3 Å². The van der Waals surface area contributed by atoms with Crippen LogP contribution in [-0.2, 0) is 4.74 Å². The van der Waals surface area contributed by atoms with E-state index in [4.69, 9.17) is 4.74 Å². The van der Waals surface area contributed by atoms with Gasteiger partial charge in [-0.1, -0.05) is 33.1 Å². The van der Waals surface area contributed by atoms with Crippen molar-refractivity contribution in [3.8, 4) is 0 Å². The molecule has 1 unspecified atom stereocenters. The summed E-state index contributed by atoms with van der Waals surface area (Å²) in [6, 6.07) is 0.605. The van der Waals surface area contributed by atoms with E-state index in [-0.39, 0.29) is 0 Å². The summed E-state index contributed by atoms with van der Waals surface area (Å²) in [6.07, 6.45) is 9.90. The first-order valence-electron chi connectivity index (χ1n) is 7.53. The quantitative estimate of drug-likeness (QED) is 0.653. The van der Waals surface area contributed by atoms with Crippen LogP contribution in [0.15, 0.2) is 0 Å². The lowest BCUT2D eigenvalue weighted by molar-refractivity contribution is 0.0257. The predicted molar refractivity (Wildman–Crippen MR) is 74.4 cm³/mol. The highest BCUT2D eigenvalue weighted by Crippen LogP contribution is 2.24. The molecular weight excluding hydrogens is 210 g/mol. The molecule has 0 bridgehead atoms. The van der Waals surface area contributed by atoms with E-state index in [2.05, 4.69) is 26.1 Å².